The number of benzene rings is 1. The van der Waals surface area contributed by atoms with Crippen molar-refractivity contribution in [2.24, 2.45) is 0 Å². The predicted molar refractivity (Wildman–Crippen MR) is 111 cm³/mol. The molecule has 1 aromatic carbocycles. The number of fused-ring (bicyclic) bond motifs is 2. The summed E-state index contributed by atoms with van der Waals surface area (Å²) in [5.41, 5.74) is 6.65. The van der Waals surface area contributed by atoms with Crippen LogP contribution < -0.4 is 15.8 Å². The lowest BCUT2D eigenvalue weighted by Gasteiger charge is -2.37. The highest BCUT2D eigenvalue weighted by Gasteiger charge is 2.45. The van der Waals surface area contributed by atoms with Gasteiger partial charge in [-0.25, -0.2) is 0 Å². The second-order valence-corrected chi connectivity index (χ2v) is 7.97. The molecule has 6 nitrogen and oxygen atoms in total. The number of likely N-dealkylation sites (N-methyl/N-ethyl adjacent to an activating group) is 1. The number of carbonyl (C=O) groups excluding carboxylic acids is 1. The number of methoxy groups -OCH3 is 1. The third-order valence-corrected chi connectivity index (χ3v) is 6.08. The van der Waals surface area contributed by atoms with E-state index < -0.39 is 0 Å². The fourth-order valence-corrected chi connectivity index (χ4v) is 4.49. The van der Waals surface area contributed by atoms with Crippen LogP contribution in [-0.4, -0.2) is 55.3 Å². The van der Waals surface area contributed by atoms with E-state index in [1.54, 1.807) is 26.2 Å². The van der Waals surface area contributed by atoms with E-state index in [2.05, 4.69) is 29.1 Å². The summed E-state index contributed by atoms with van der Waals surface area (Å²) < 4.78 is 11.5. The number of nitrogens with two attached hydrogens (primary N) is 1. The summed E-state index contributed by atoms with van der Waals surface area (Å²) in [5, 5.41) is 3.49. The smallest absolute Gasteiger partial charge is 0.255 e. The Morgan fingerprint density at radius 2 is 2.14 bits per heavy atom. The Hall–Kier alpha value is -1.94. The van der Waals surface area contributed by atoms with Gasteiger partial charge in [-0.1, -0.05) is 17.5 Å². The van der Waals surface area contributed by atoms with Gasteiger partial charge in [0.05, 0.1) is 22.4 Å². The molecule has 152 valence electrons. The first-order chi connectivity index (χ1) is 13.3. The lowest BCUT2D eigenvalue weighted by molar-refractivity contribution is 0.0523. The van der Waals surface area contributed by atoms with Crippen molar-refractivity contribution < 1.29 is 14.3 Å². The number of piperidine rings is 1. The van der Waals surface area contributed by atoms with Crippen molar-refractivity contribution in [2.75, 3.05) is 19.9 Å². The number of nitrogens with one attached hydrogen (secondary N) is 1. The van der Waals surface area contributed by atoms with Crippen LogP contribution in [0.4, 0.5) is 5.69 Å². The molecule has 0 aromatic heterocycles. The highest BCUT2D eigenvalue weighted by Crippen LogP contribution is 2.36. The van der Waals surface area contributed by atoms with Crippen LogP contribution >= 0.6 is 11.6 Å². The molecule has 1 amide bonds. The quantitative estimate of drug-likeness (QED) is 0.581. The van der Waals surface area contributed by atoms with E-state index in [-0.39, 0.29) is 24.2 Å². The standard InChI is InChI=1S/C21H28ClN3O3/c1-5-6-12(2)28-19-11-17(23)16(22)10-15(19)21(26)24-13-7-14-9-20(27-4)18(8-13)25(14)3/h10-14,18,20H,7-9,23H2,1-4H3,(H,24,26)/t12-,13?,14?,18?,20?/m0/s1. The van der Waals surface area contributed by atoms with Crippen molar-refractivity contribution in [3.63, 3.8) is 0 Å². The largest absolute Gasteiger partial charge is 0.477 e. The number of hydrogen-bond acceptors (Lipinski definition) is 5. The number of amides is 1. The van der Waals surface area contributed by atoms with E-state index in [0.717, 1.165) is 19.3 Å². The predicted octanol–water partition coefficient (Wildman–Crippen LogP) is 2.69. The van der Waals surface area contributed by atoms with Gasteiger partial charge in [0.15, 0.2) is 6.10 Å². The van der Waals surface area contributed by atoms with Gasteiger partial charge in [-0.05, 0) is 46.2 Å². The number of hydrogen-bond donors (Lipinski definition) is 2. The molecule has 2 saturated heterocycles. The summed E-state index contributed by atoms with van der Waals surface area (Å²) in [4.78, 5) is 15.4. The molecule has 0 spiro atoms. The number of rotatable bonds is 5. The topological polar surface area (TPSA) is 76.8 Å². The normalized spacial score (nSPS) is 27.6. The van der Waals surface area contributed by atoms with Gasteiger partial charge < -0.3 is 20.5 Å². The molecular weight excluding hydrogens is 378 g/mol. The molecule has 1 aromatic rings. The lowest BCUT2D eigenvalue weighted by atomic mass is 9.97. The first-order valence-corrected chi connectivity index (χ1v) is 9.95. The minimum atomic E-state index is -0.362. The molecule has 5 atom stereocenters. The fourth-order valence-electron chi connectivity index (χ4n) is 4.32. The van der Waals surface area contributed by atoms with E-state index >= 15 is 0 Å². The monoisotopic (exact) mass is 405 g/mol. The van der Waals surface area contributed by atoms with Crippen molar-refractivity contribution in [3.05, 3.63) is 22.7 Å². The highest BCUT2D eigenvalue weighted by atomic mass is 35.5. The second kappa shape index (κ2) is 8.60. The van der Waals surface area contributed by atoms with Gasteiger partial charge in [0, 0.05) is 31.3 Å². The maximum atomic E-state index is 13.0. The molecule has 3 rings (SSSR count). The molecule has 2 aliphatic heterocycles. The zero-order chi connectivity index (χ0) is 20.4. The maximum Gasteiger partial charge on any atom is 0.255 e. The number of nitrogens with zero attached hydrogens (tertiary/aromatic N) is 1. The summed E-state index contributed by atoms with van der Waals surface area (Å²) in [6.45, 7) is 3.56. The summed E-state index contributed by atoms with van der Waals surface area (Å²) in [5.74, 6) is 5.90. The van der Waals surface area contributed by atoms with Crippen LogP contribution in [0.3, 0.4) is 0 Å². The molecule has 2 heterocycles. The number of ether oxygens (including phenoxy) is 2. The van der Waals surface area contributed by atoms with Crippen LogP contribution in [0.5, 0.6) is 5.75 Å². The number of halogens is 1. The Bertz CT molecular complexity index is 804. The van der Waals surface area contributed by atoms with Gasteiger partial charge in [0.25, 0.3) is 5.91 Å². The Balaban J connectivity index is 1.77. The van der Waals surface area contributed by atoms with Crippen LogP contribution in [-0.2, 0) is 4.74 Å². The average Bonchev–Trinajstić information content (AvgIpc) is 2.82. The van der Waals surface area contributed by atoms with Crippen LogP contribution in [0.1, 0.15) is 43.5 Å². The molecule has 2 fully saturated rings. The SMILES string of the molecule is CC#C[C@H](C)Oc1cc(N)c(Cl)cc1C(=O)NC1CC2CC(OC)C(C1)N2C. The number of nitrogen functional groups attached to an aromatic ring is 1. The van der Waals surface area contributed by atoms with Crippen LogP contribution in [0, 0.1) is 11.8 Å². The van der Waals surface area contributed by atoms with Gasteiger partial charge >= 0.3 is 0 Å². The fraction of sp³-hybridized carbons (Fsp3) is 0.571. The average molecular weight is 406 g/mol. The Labute approximate surface area is 171 Å². The van der Waals surface area contributed by atoms with Crippen LogP contribution in [0.15, 0.2) is 12.1 Å². The zero-order valence-corrected chi connectivity index (χ0v) is 17.5. The summed E-state index contributed by atoms with van der Waals surface area (Å²) >= 11 is 6.17. The van der Waals surface area contributed by atoms with Crippen molar-refractivity contribution in [3.8, 4) is 17.6 Å². The first-order valence-electron chi connectivity index (χ1n) is 9.57. The minimum absolute atomic E-state index is 0.0795. The molecular formula is C21H28ClN3O3. The summed E-state index contributed by atoms with van der Waals surface area (Å²) in [7, 11) is 3.89. The van der Waals surface area contributed by atoms with Gasteiger partial charge in [-0.2, -0.15) is 0 Å². The molecule has 7 heteroatoms. The summed E-state index contributed by atoms with van der Waals surface area (Å²) in [6, 6.07) is 3.97. The molecule has 3 N–H and O–H groups in total. The molecule has 0 radical (unpaired) electrons. The Morgan fingerprint density at radius 3 is 2.82 bits per heavy atom. The Morgan fingerprint density at radius 1 is 1.39 bits per heavy atom. The molecule has 2 bridgehead atoms. The zero-order valence-electron chi connectivity index (χ0n) is 16.8. The van der Waals surface area contributed by atoms with Crippen LogP contribution in [0.2, 0.25) is 5.02 Å². The molecule has 0 aliphatic carbocycles. The van der Waals surface area contributed by atoms with E-state index in [1.165, 1.54) is 0 Å². The number of anilines is 1. The Kier molecular flexibility index (Phi) is 6.39. The van der Waals surface area contributed by atoms with E-state index in [4.69, 9.17) is 26.8 Å². The molecule has 2 aliphatic rings. The number of carbonyl (C=O) groups is 1. The van der Waals surface area contributed by atoms with Crippen molar-refractivity contribution >= 4 is 23.2 Å². The molecule has 28 heavy (non-hydrogen) atoms. The first kappa shape index (κ1) is 20.8. The van der Waals surface area contributed by atoms with Gasteiger partial charge in [-0.3, -0.25) is 9.69 Å². The van der Waals surface area contributed by atoms with Crippen molar-refractivity contribution in [1.29, 1.82) is 0 Å². The third-order valence-electron chi connectivity index (χ3n) is 5.75. The van der Waals surface area contributed by atoms with Crippen molar-refractivity contribution in [1.82, 2.24) is 10.2 Å². The third kappa shape index (κ3) is 4.22. The highest BCUT2D eigenvalue weighted by molar-refractivity contribution is 6.33. The van der Waals surface area contributed by atoms with Gasteiger partial charge in [0.1, 0.15) is 5.75 Å². The maximum absolute atomic E-state index is 13.0. The van der Waals surface area contributed by atoms with E-state index in [1.807, 2.05) is 6.92 Å². The second-order valence-electron chi connectivity index (χ2n) is 7.56. The van der Waals surface area contributed by atoms with Gasteiger partial charge in [-0.15, -0.1) is 5.92 Å². The van der Waals surface area contributed by atoms with E-state index in [9.17, 15) is 4.79 Å². The molecule has 0 saturated carbocycles. The summed E-state index contributed by atoms with van der Waals surface area (Å²) in [6.07, 6.45) is 2.61. The van der Waals surface area contributed by atoms with E-state index in [0.29, 0.717) is 34.1 Å². The lowest BCUT2D eigenvalue weighted by Crippen LogP contribution is -2.50. The van der Waals surface area contributed by atoms with Gasteiger partial charge in [0.2, 0.25) is 0 Å². The minimum Gasteiger partial charge on any atom is -0.477 e. The van der Waals surface area contributed by atoms with Crippen LogP contribution in [0.25, 0.3) is 0 Å². The van der Waals surface area contributed by atoms with Crippen molar-refractivity contribution in [2.45, 2.75) is 63.4 Å². The molecule has 4 unspecified atom stereocenters.